The predicted molar refractivity (Wildman–Crippen MR) is 87.5 cm³/mol. The lowest BCUT2D eigenvalue weighted by Gasteiger charge is -2.16. The highest BCUT2D eigenvalue weighted by atomic mass is 35.5. The van der Waals surface area contributed by atoms with Crippen LogP contribution in [0.1, 0.15) is 38.5 Å². The molecule has 0 saturated heterocycles. The molecule has 0 spiro atoms. The smallest absolute Gasteiger partial charge is 0.344 e. The van der Waals surface area contributed by atoms with E-state index < -0.39 is 5.97 Å². The maximum absolute atomic E-state index is 11.8. The molecule has 1 aliphatic carbocycles. The lowest BCUT2D eigenvalue weighted by molar-refractivity contribution is -0.150. The van der Waals surface area contributed by atoms with Gasteiger partial charge < -0.3 is 14.8 Å². The van der Waals surface area contributed by atoms with Gasteiger partial charge in [0, 0.05) is 11.1 Å². The third-order valence-electron chi connectivity index (χ3n) is 3.74. The van der Waals surface area contributed by atoms with Crippen LogP contribution in [-0.4, -0.2) is 31.1 Å². The minimum atomic E-state index is -0.582. The summed E-state index contributed by atoms with van der Waals surface area (Å²) in [5.41, 5.74) is 0. The molecule has 23 heavy (non-hydrogen) atoms. The average molecular weight is 340 g/mol. The van der Waals surface area contributed by atoms with Crippen molar-refractivity contribution < 1.29 is 19.1 Å². The van der Waals surface area contributed by atoms with Crippen LogP contribution in [0, 0.1) is 0 Å². The van der Waals surface area contributed by atoms with E-state index in [0.717, 1.165) is 25.7 Å². The first-order chi connectivity index (χ1) is 11.1. The number of benzene rings is 1. The second kappa shape index (κ2) is 9.40. The minimum Gasteiger partial charge on any atom is -0.482 e. The van der Waals surface area contributed by atoms with Crippen molar-refractivity contribution in [1.29, 1.82) is 0 Å². The number of esters is 1. The summed E-state index contributed by atoms with van der Waals surface area (Å²) in [5, 5.41) is 3.45. The fraction of sp³-hybridized carbons (Fsp3) is 0.529. The summed E-state index contributed by atoms with van der Waals surface area (Å²) in [7, 11) is 0. The fourth-order valence-corrected chi connectivity index (χ4v) is 2.76. The number of rotatable bonds is 6. The number of hydrogen-bond acceptors (Lipinski definition) is 4. The number of carbonyl (C=O) groups excluding carboxylic acids is 2. The van der Waals surface area contributed by atoms with Gasteiger partial charge in [0.05, 0.1) is 0 Å². The highest BCUT2D eigenvalue weighted by Crippen LogP contribution is 2.17. The second-order valence-electron chi connectivity index (χ2n) is 5.66. The number of carbonyl (C=O) groups is 2. The second-order valence-corrected chi connectivity index (χ2v) is 6.10. The first kappa shape index (κ1) is 17.6. The summed E-state index contributed by atoms with van der Waals surface area (Å²) in [4.78, 5) is 23.4. The van der Waals surface area contributed by atoms with Crippen molar-refractivity contribution >= 4 is 23.5 Å². The molecule has 5 nitrogen and oxygen atoms in total. The maximum atomic E-state index is 11.8. The summed E-state index contributed by atoms with van der Waals surface area (Å²) in [5.74, 6) is -0.355. The molecule has 0 unspecified atom stereocenters. The van der Waals surface area contributed by atoms with Crippen LogP contribution in [0.2, 0.25) is 5.02 Å². The topological polar surface area (TPSA) is 64.6 Å². The Labute approximate surface area is 141 Å². The van der Waals surface area contributed by atoms with Crippen LogP contribution >= 0.6 is 11.6 Å². The van der Waals surface area contributed by atoms with E-state index in [1.807, 2.05) is 0 Å². The lowest BCUT2D eigenvalue weighted by Crippen LogP contribution is -2.37. The molecule has 1 saturated carbocycles. The van der Waals surface area contributed by atoms with Crippen molar-refractivity contribution in [3.05, 3.63) is 29.3 Å². The van der Waals surface area contributed by atoms with Gasteiger partial charge in [-0.05, 0) is 31.0 Å². The Morgan fingerprint density at radius 2 is 1.87 bits per heavy atom. The molecule has 126 valence electrons. The van der Waals surface area contributed by atoms with Crippen LogP contribution in [0.3, 0.4) is 0 Å². The zero-order valence-electron chi connectivity index (χ0n) is 13.1. The summed E-state index contributed by atoms with van der Waals surface area (Å²) in [6.07, 6.45) is 6.72. The fourth-order valence-electron chi connectivity index (χ4n) is 2.58. The normalized spacial score (nSPS) is 15.5. The Bertz CT molecular complexity index is 527. The lowest BCUT2D eigenvalue weighted by atomic mass is 10.1. The molecule has 1 N–H and O–H groups in total. The number of amides is 1. The van der Waals surface area contributed by atoms with Crippen LogP contribution < -0.4 is 10.1 Å². The number of ether oxygens (including phenoxy) is 2. The van der Waals surface area contributed by atoms with Gasteiger partial charge in [-0.25, -0.2) is 4.79 Å². The molecule has 0 heterocycles. The first-order valence-corrected chi connectivity index (χ1v) is 8.34. The Morgan fingerprint density at radius 3 is 2.57 bits per heavy atom. The van der Waals surface area contributed by atoms with Gasteiger partial charge in [0.15, 0.2) is 13.2 Å². The molecule has 1 aromatic rings. The quantitative estimate of drug-likeness (QED) is 0.639. The van der Waals surface area contributed by atoms with Gasteiger partial charge >= 0.3 is 5.97 Å². The van der Waals surface area contributed by atoms with E-state index in [0.29, 0.717) is 10.8 Å². The van der Waals surface area contributed by atoms with E-state index in [2.05, 4.69) is 5.32 Å². The first-order valence-electron chi connectivity index (χ1n) is 7.97. The SMILES string of the molecule is O=C(COC(=O)COc1cccc(Cl)c1)NC1CCCCCC1. The number of halogens is 1. The molecule has 6 heteroatoms. The summed E-state index contributed by atoms with van der Waals surface area (Å²) in [6, 6.07) is 6.94. The van der Waals surface area contributed by atoms with Crippen LogP contribution in [0.15, 0.2) is 24.3 Å². The van der Waals surface area contributed by atoms with Crippen LogP contribution in [-0.2, 0) is 14.3 Å². The summed E-state index contributed by atoms with van der Waals surface area (Å²) in [6.45, 7) is -0.523. The van der Waals surface area contributed by atoms with E-state index in [1.54, 1.807) is 24.3 Å². The maximum Gasteiger partial charge on any atom is 0.344 e. The molecule has 0 radical (unpaired) electrons. The van der Waals surface area contributed by atoms with Crippen molar-refractivity contribution in [2.24, 2.45) is 0 Å². The third kappa shape index (κ3) is 6.91. The molecule has 2 rings (SSSR count). The largest absolute Gasteiger partial charge is 0.482 e. The predicted octanol–water partition coefficient (Wildman–Crippen LogP) is 3.10. The van der Waals surface area contributed by atoms with Gasteiger partial charge in [-0.15, -0.1) is 0 Å². The molecule has 1 amide bonds. The number of hydrogen-bond donors (Lipinski definition) is 1. The molecule has 0 aromatic heterocycles. The Kier molecular flexibility index (Phi) is 7.20. The Balaban J connectivity index is 1.64. The van der Waals surface area contributed by atoms with Crippen molar-refractivity contribution in [3.63, 3.8) is 0 Å². The zero-order valence-corrected chi connectivity index (χ0v) is 13.8. The minimum absolute atomic E-state index is 0.200. The average Bonchev–Trinajstić information content (AvgIpc) is 2.80. The Hall–Kier alpha value is -1.75. The van der Waals surface area contributed by atoms with E-state index in [-0.39, 0.29) is 25.2 Å². The third-order valence-corrected chi connectivity index (χ3v) is 3.97. The van der Waals surface area contributed by atoms with Gasteiger partial charge in [0.1, 0.15) is 5.75 Å². The van der Waals surface area contributed by atoms with Crippen molar-refractivity contribution in [1.82, 2.24) is 5.32 Å². The summed E-state index contributed by atoms with van der Waals surface area (Å²) >= 11 is 5.82. The van der Waals surface area contributed by atoms with Crippen LogP contribution in [0.5, 0.6) is 5.75 Å². The van der Waals surface area contributed by atoms with E-state index in [4.69, 9.17) is 21.1 Å². The highest BCUT2D eigenvalue weighted by Gasteiger charge is 2.15. The molecule has 0 atom stereocenters. The van der Waals surface area contributed by atoms with Crippen LogP contribution in [0.25, 0.3) is 0 Å². The van der Waals surface area contributed by atoms with E-state index >= 15 is 0 Å². The molecule has 1 aromatic carbocycles. The van der Waals surface area contributed by atoms with Crippen LogP contribution in [0.4, 0.5) is 0 Å². The molecular formula is C17H22ClNO4. The van der Waals surface area contributed by atoms with Crippen molar-refractivity contribution in [2.75, 3.05) is 13.2 Å². The van der Waals surface area contributed by atoms with Gasteiger partial charge in [-0.1, -0.05) is 43.4 Å². The van der Waals surface area contributed by atoms with Gasteiger partial charge in [0.25, 0.3) is 5.91 Å². The summed E-state index contributed by atoms with van der Waals surface area (Å²) < 4.78 is 10.2. The van der Waals surface area contributed by atoms with Gasteiger partial charge in [-0.3, -0.25) is 4.79 Å². The standard InChI is InChI=1S/C17H22ClNO4/c18-13-6-5-9-15(10-13)22-12-17(21)23-11-16(20)19-14-7-3-1-2-4-8-14/h5-6,9-10,14H,1-4,7-8,11-12H2,(H,19,20). The molecule has 0 aliphatic heterocycles. The van der Waals surface area contributed by atoms with E-state index in [1.165, 1.54) is 12.8 Å². The van der Waals surface area contributed by atoms with E-state index in [9.17, 15) is 9.59 Å². The molecule has 1 fully saturated rings. The molecule has 1 aliphatic rings. The van der Waals surface area contributed by atoms with Crippen molar-refractivity contribution in [3.8, 4) is 5.75 Å². The molecular weight excluding hydrogens is 318 g/mol. The number of nitrogens with one attached hydrogen (secondary N) is 1. The van der Waals surface area contributed by atoms with Gasteiger partial charge in [0.2, 0.25) is 0 Å². The monoisotopic (exact) mass is 339 g/mol. The van der Waals surface area contributed by atoms with Crippen molar-refractivity contribution in [2.45, 2.75) is 44.6 Å². The highest BCUT2D eigenvalue weighted by molar-refractivity contribution is 6.30. The Morgan fingerprint density at radius 1 is 1.13 bits per heavy atom. The zero-order chi connectivity index (χ0) is 16.5. The molecule has 0 bridgehead atoms. The van der Waals surface area contributed by atoms with Gasteiger partial charge in [-0.2, -0.15) is 0 Å².